The van der Waals surface area contributed by atoms with Gasteiger partial charge >= 0.3 is 0 Å². The molecular weight excluding hydrogens is 531 g/mol. The van der Waals surface area contributed by atoms with Gasteiger partial charge in [-0.2, -0.15) is 0 Å². The molecule has 42 heavy (non-hydrogen) atoms. The minimum absolute atomic E-state index is 0.0144. The van der Waals surface area contributed by atoms with Gasteiger partial charge in [-0.1, -0.05) is 55.8 Å². The number of carbonyl (C=O) groups excluding carboxylic acids is 3. The molecule has 2 fully saturated rings. The fourth-order valence-electron chi connectivity index (χ4n) is 5.70. The first-order valence-corrected chi connectivity index (χ1v) is 15.0. The van der Waals surface area contributed by atoms with Crippen molar-refractivity contribution in [1.82, 2.24) is 10.2 Å². The molecule has 0 spiro atoms. The number of amides is 3. The van der Waals surface area contributed by atoms with Crippen LogP contribution in [0.25, 0.3) is 0 Å². The maximum Gasteiger partial charge on any atom is 0.253 e. The molecule has 1 saturated heterocycles. The summed E-state index contributed by atoms with van der Waals surface area (Å²) in [6.07, 6.45) is 4.35. The molecule has 1 aliphatic heterocycles. The van der Waals surface area contributed by atoms with Gasteiger partial charge in [0.15, 0.2) is 0 Å². The Bertz CT molecular complexity index is 1390. The third kappa shape index (κ3) is 6.98. The molecule has 1 heterocycles. The van der Waals surface area contributed by atoms with Gasteiger partial charge in [-0.15, -0.1) is 0 Å². The van der Waals surface area contributed by atoms with Crippen LogP contribution in [0.5, 0.6) is 0 Å². The zero-order chi connectivity index (χ0) is 29.5. The predicted molar refractivity (Wildman–Crippen MR) is 163 cm³/mol. The van der Waals surface area contributed by atoms with Gasteiger partial charge in [0.2, 0.25) is 11.8 Å². The van der Waals surface area contributed by atoms with Crippen molar-refractivity contribution in [3.05, 3.63) is 95.3 Å². The van der Waals surface area contributed by atoms with Crippen molar-refractivity contribution in [3.63, 3.8) is 0 Å². The number of benzene rings is 3. The van der Waals surface area contributed by atoms with E-state index in [0.717, 1.165) is 48.9 Å². The Morgan fingerprint density at radius 2 is 1.67 bits per heavy atom. The van der Waals surface area contributed by atoms with Crippen LogP contribution >= 0.6 is 0 Å². The fourth-order valence-corrected chi connectivity index (χ4v) is 5.70. The second kappa shape index (κ2) is 13.6. The summed E-state index contributed by atoms with van der Waals surface area (Å²) in [5.41, 5.74) is 3.62. The van der Waals surface area contributed by atoms with Crippen molar-refractivity contribution in [2.24, 2.45) is 5.92 Å². The molecule has 2 aliphatic rings. The maximum atomic E-state index is 13.6. The minimum atomic E-state index is -0.329. The highest BCUT2D eigenvalue weighted by molar-refractivity contribution is 6.02. The third-order valence-electron chi connectivity index (χ3n) is 8.41. The zero-order valence-corrected chi connectivity index (χ0v) is 24.2. The van der Waals surface area contributed by atoms with E-state index in [1.807, 2.05) is 54.3 Å². The monoisotopic (exact) mass is 570 g/mol. The van der Waals surface area contributed by atoms with Crippen molar-refractivity contribution in [3.8, 4) is 0 Å². The normalized spacial score (nSPS) is 16.2. The Labute approximate surface area is 247 Å². The highest BCUT2D eigenvalue weighted by Gasteiger charge is 2.28. The van der Waals surface area contributed by atoms with E-state index in [2.05, 4.69) is 15.5 Å². The average Bonchev–Trinajstić information content (AvgIpc) is 3.23. The van der Waals surface area contributed by atoms with Crippen LogP contribution in [-0.4, -0.2) is 48.8 Å². The first kappa shape index (κ1) is 29.3. The highest BCUT2D eigenvalue weighted by Crippen LogP contribution is 2.30. The maximum absolute atomic E-state index is 13.6. The highest BCUT2D eigenvalue weighted by atomic mass is 19.1. The summed E-state index contributed by atoms with van der Waals surface area (Å²) in [4.78, 5) is 43.8. The first-order chi connectivity index (χ1) is 20.4. The smallest absolute Gasteiger partial charge is 0.253 e. The van der Waals surface area contributed by atoms with Gasteiger partial charge in [-0.05, 0) is 67.1 Å². The SMILES string of the molecule is CC[C@@H](C(=O)N1CCCN(c2ccc(NC(=O)C3CCC3)cc2C(=O)NCc2ccc(F)cc2)CC1)c1ccccc1. The lowest BCUT2D eigenvalue weighted by Gasteiger charge is -2.28. The number of anilines is 2. The van der Waals surface area contributed by atoms with E-state index >= 15 is 0 Å². The molecule has 3 amide bonds. The number of nitrogens with one attached hydrogen (secondary N) is 2. The van der Waals surface area contributed by atoms with E-state index in [9.17, 15) is 18.8 Å². The summed E-state index contributed by atoms with van der Waals surface area (Å²) in [5.74, 6) is -0.635. The molecule has 0 unspecified atom stereocenters. The van der Waals surface area contributed by atoms with Gasteiger partial charge in [-0.3, -0.25) is 14.4 Å². The summed E-state index contributed by atoms with van der Waals surface area (Å²) >= 11 is 0. The second-order valence-electron chi connectivity index (χ2n) is 11.2. The van der Waals surface area contributed by atoms with E-state index in [0.29, 0.717) is 37.4 Å². The predicted octanol–water partition coefficient (Wildman–Crippen LogP) is 5.73. The number of halogens is 1. The number of rotatable bonds is 9. The second-order valence-corrected chi connectivity index (χ2v) is 11.2. The fraction of sp³-hybridized carbons (Fsp3) is 0.382. The van der Waals surface area contributed by atoms with E-state index < -0.39 is 0 Å². The van der Waals surface area contributed by atoms with Crippen LogP contribution in [0.2, 0.25) is 0 Å². The van der Waals surface area contributed by atoms with Crippen LogP contribution in [0.3, 0.4) is 0 Å². The lowest BCUT2D eigenvalue weighted by Crippen LogP contribution is -2.38. The topological polar surface area (TPSA) is 81.8 Å². The molecule has 1 saturated carbocycles. The number of carbonyl (C=O) groups is 3. The molecule has 7 nitrogen and oxygen atoms in total. The third-order valence-corrected chi connectivity index (χ3v) is 8.41. The van der Waals surface area contributed by atoms with Gasteiger partial charge in [0.05, 0.1) is 11.5 Å². The molecule has 3 aromatic rings. The number of hydrogen-bond acceptors (Lipinski definition) is 4. The Hall–Kier alpha value is -4.20. The van der Waals surface area contributed by atoms with E-state index in [-0.39, 0.29) is 41.9 Å². The van der Waals surface area contributed by atoms with Crippen LogP contribution < -0.4 is 15.5 Å². The lowest BCUT2D eigenvalue weighted by molar-refractivity contribution is -0.132. The van der Waals surface area contributed by atoms with Crippen LogP contribution in [0.15, 0.2) is 72.8 Å². The van der Waals surface area contributed by atoms with Crippen LogP contribution in [0.4, 0.5) is 15.8 Å². The van der Waals surface area contributed by atoms with Gasteiger partial charge in [0.25, 0.3) is 5.91 Å². The molecule has 8 heteroatoms. The minimum Gasteiger partial charge on any atom is -0.369 e. The first-order valence-electron chi connectivity index (χ1n) is 15.0. The van der Waals surface area contributed by atoms with E-state index in [1.165, 1.54) is 12.1 Å². The van der Waals surface area contributed by atoms with Crippen molar-refractivity contribution in [1.29, 1.82) is 0 Å². The van der Waals surface area contributed by atoms with Gasteiger partial charge < -0.3 is 20.4 Å². The Balaban J connectivity index is 1.33. The Morgan fingerprint density at radius 3 is 2.36 bits per heavy atom. The van der Waals surface area contributed by atoms with Gasteiger partial charge in [0.1, 0.15) is 5.82 Å². The van der Waals surface area contributed by atoms with Crippen molar-refractivity contribution >= 4 is 29.1 Å². The molecule has 0 bridgehead atoms. The summed E-state index contributed by atoms with van der Waals surface area (Å²) in [6.45, 7) is 4.78. The Morgan fingerprint density at radius 1 is 0.905 bits per heavy atom. The van der Waals surface area contributed by atoms with Crippen molar-refractivity contribution < 1.29 is 18.8 Å². The molecule has 2 N–H and O–H groups in total. The van der Waals surface area contributed by atoms with Gasteiger partial charge in [0, 0.05) is 50.0 Å². The van der Waals surface area contributed by atoms with Crippen molar-refractivity contribution in [2.45, 2.75) is 51.5 Å². The van der Waals surface area contributed by atoms with Crippen LogP contribution in [0, 0.1) is 11.7 Å². The van der Waals surface area contributed by atoms with Gasteiger partial charge in [-0.25, -0.2) is 4.39 Å². The van der Waals surface area contributed by atoms with Crippen LogP contribution in [-0.2, 0) is 16.1 Å². The summed E-state index contributed by atoms with van der Waals surface area (Å²) < 4.78 is 13.4. The molecule has 1 aliphatic carbocycles. The quantitative estimate of drug-likeness (QED) is 0.345. The molecule has 3 aromatic carbocycles. The van der Waals surface area contributed by atoms with E-state index in [4.69, 9.17) is 0 Å². The standard InChI is InChI=1S/C34H39FN4O3/c1-2-29(25-8-4-3-5-9-25)34(42)39-19-7-18-38(20-21-39)31-17-16-28(37-32(40)26-10-6-11-26)22-30(31)33(41)36-23-24-12-14-27(35)15-13-24/h3-5,8-9,12-17,22,26,29H,2,6-7,10-11,18-21,23H2,1H3,(H,36,41)(H,37,40)/t29-/m1/s1. The Kier molecular flexibility index (Phi) is 9.52. The largest absolute Gasteiger partial charge is 0.369 e. The number of hydrogen-bond donors (Lipinski definition) is 2. The number of nitrogens with zero attached hydrogens (tertiary/aromatic N) is 2. The average molecular weight is 571 g/mol. The zero-order valence-electron chi connectivity index (χ0n) is 24.2. The summed E-state index contributed by atoms with van der Waals surface area (Å²) in [6, 6.07) is 21.4. The molecule has 1 atom stereocenters. The summed E-state index contributed by atoms with van der Waals surface area (Å²) in [5, 5.41) is 5.94. The van der Waals surface area contributed by atoms with Crippen molar-refractivity contribution in [2.75, 3.05) is 36.4 Å². The lowest BCUT2D eigenvalue weighted by atomic mass is 9.85. The molecule has 0 radical (unpaired) electrons. The molecular formula is C34H39FN4O3. The molecule has 220 valence electrons. The molecule has 0 aromatic heterocycles. The molecule has 5 rings (SSSR count). The summed E-state index contributed by atoms with van der Waals surface area (Å²) in [7, 11) is 0. The van der Waals surface area contributed by atoms with Crippen LogP contribution in [0.1, 0.15) is 66.4 Å². The van der Waals surface area contributed by atoms with E-state index in [1.54, 1.807) is 18.2 Å².